The number of hydrogen-bond donors (Lipinski definition) is 1. The fraction of sp³-hybridized carbons (Fsp3) is 0.562. The number of nitrogens with zero attached hydrogens (tertiary/aromatic N) is 2. The lowest BCUT2D eigenvalue weighted by Crippen LogP contribution is -2.52. The Balaban J connectivity index is 1.60. The van der Waals surface area contributed by atoms with E-state index >= 15 is 0 Å². The zero-order valence-corrected chi connectivity index (χ0v) is 12.4. The molecule has 2 aliphatic rings. The molecule has 3 rings (SSSR count). The Bertz CT molecular complexity index is 520. The van der Waals surface area contributed by atoms with Crippen molar-refractivity contribution < 1.29 is 9.18 Å². The van der Waals surface area contributed by atoms with E-state index in [2.05, 4.69) is 10.2 Å². The van der Waals surface area contributed by atoms with Gasteiger partial charge in [0.05, 0.1) is 0 Å². The van der Waals surface area contributed by atoms with Crippen LogP contribution in [0.2, 0.25) is 0 Å². The van der Waals surface area contributed by atoms with Crippen LogP contribution in [0.15, 0.2) is 18.2 Å². The molecule has 21 heavy (non-hydrogen) atoms. The van der Waals surface area contributed by atoms with E-state index in [9.17, 15) is 9.18 Å². The molecular formula is C16H22FN3O. The molecule has 2 saturated heterocycles. The predicted molar refractivity (Wildman–Crippen MR) is 79.9 cm³/mol. The number of amides is 1. The van der Waals surface area contributed by atoms with Gasteiger partial charge in [-0.05, 0) is 43.7 Å². The van der Waals surface area contributed by atoms with Gasteiger partial charge in [0.15, 0.2) is 0 Å². The van der Waals surface area contributed by atoms with Gasteiger partial charge in [-0.15, -0.1) is 0 Å². The van der Waals surface area contributed by atoms with Gasteiger partial charge < -0.3 is 10.2 Å². The fourth-order valence-corrected chi connectivity index (χ4v) is 3.20. The molecule has 114 valence electrons. The average molecular weight is 291 g/mol. The Kier molecular flexibility index (Phi) is 4.22. The lowest BCUT2D eigenvalue weighted by atomic mass is 10.1. The number of nitrogens with one attached hydrogen (secondary N) is 1. The van der Waals surface area contributed by atoms with Crippen molar-refractivity contribution in [1.82, 2.24) is 15.1 Å². The van der Waals surface area contributed by atoms with Crippen LogP contribution >= 0.6 is 0 Å². The lowest BCUT2D eigenvalue weighted by Gasteiger charge is -2.37. The minimum atomic E-state index is -0.259. The second-order valence-corrected chi connectivity index (χ2v) is 5.94. The van der Waals surface area contributed by atoms with Gasteiger partial charge in [0.25, 0.3) is 5.91 Å². The highest BCUT2D eigenvalue weighted by molar-refractivity contribution is 5.94. The number of aryl methyl sites for hydroxylation is 1. The highest BCUT2D eigenvalue weighted by Gasteiger charge is 2.28. The van der Waals surface area contributed by atoms with Crippen molar-refractivity contribution in [2.45, 2.75) is 19.4 Å². The zero-order chi connectivity index (χ0) is 14.8. The fourth-order valence-electron chi connectivity index (χ4n) is 3.20. The van der Waals surface area contributed by atoms with E-state index in [4.69, 9.17) is 0 Å². The van der Waals surface area contributed by atoms with Gasteiger partial charge in [-0.2, -0.15) is 0 Å². The van der Waals surface area contributed by atoms with Crippen LogP contribution in [0.1, 0.15) is 22.3 Å². The van der Waals surface area contributed by atoms with Gasteiger partial charge in [-0.25, -0.2) is 4.39 Å². The summed E-state index contributed by atoms with van der Waals surface area (Å²) in [5.41, 5.74) is 1.11. The summed E-state index contributed by atoms with van der Waals surface area (Å²) < 4.78 is 13.3. The number of carbonyl (C=O) groups excluding carboxylic acids is 1. The van der Waals surface area contributed by atoms with Crippen molar-refractivity contribution in [2.24, 2.45) is 0 Å². The Morgan fingerprint density at radius 3 is 2.67 bits per heavy atom. The van der Waals surface area contributed by atoms with Crippen LogP contribution in [0.4, 0.5) is 4.39 Å². The molecule has 2 fully saturated rings. The van der Waals surface area contributed by atoms with Crippen LogP contribution in [0.25, 0.3) is 0 Å². The van der Waals surface area contributed by atoms with E-state index in [0.717, 1.165) is 39.3 Å². The molecule has 1 N–H and O–H groups in total. The molecule has 1 aromatic carbocycles. The van der Waals surface area contributed by atoms with E-state index in [1.54, 1.807) is 19.1 Å². The second-order valence-electron chi connectivity index (χ2n) is 5.94. The van der Waals surface area contributed by atoms with Crippen molar-refractivity contribution in [3.63, 3.8) is 0 Å². The molecule has 2 aliphatic heterocycles. The normalized spacial score (nSPS) is 23.5. The summed E-state index contributed by atoms with van der Waals surface area (Å²) in [6.45, 7) is 7.22. The Labute approximate surface area is 124 Å². The van der Waals surface area contributed by atoms with Gasteiger partial charge >= 0.3 is 0 Å². The summed E-state index contributed by atoms with van der Waals surface area (Å²) in [5, 5.41) is 3.38. The molecule has 0 radical (unpaired) electrons. The monoisotopic (exact) mass is 291 g/mol. The standard InChI is InChI=1S/C16H22FN3O/c1-12-10-13(2-3-15(12)17)16(21)20-8-6-19(7-9-20)14-4-5-18-11-14/h2-3,10,14,18H,4-9,11H2,1H3. The first kappa shape index (κ1) is 14.5. The number of carbonyl (C=O) groups is 1. The summed E-state index contributed by atoms with van der Waals surface area (Å²) >= 11 is 0. The molecule has 0 aromatic heterocycles. The van der Waals surface area contributed by atoms with Crippen LogP contribution in [0.5, 0.6) is 0 Å². The first-order valence-corrected chi connectivity index (χ1v) is 7.65. The van der Waals surface area contributed by atoms with E-state index in [1.165, 1.54) is 12.5 Å². The van der Waals surface area contributed by atoms with E-state index < -0.39 is 0 Å². The quantitative estimate of drug-likeness (QED) is 0.891. The maximum atomic E-state index is 13.3. The Hall–Kier alpha value is -1.46. The molecular weight excluding hydrogens is 269 g/mol. The van der Waals surface area contributed by atoms with Crippen molar-refractivity contribution in [2.75, 3.05) is 39.3 Å². The van der Waals surface area contributed by atoms with Crippen molar-refractivity contribution >= 4 is 5.91 Å². The summed E-state index contributed by atoms with van der Waals surface area (Å²) in [6, 6.07) is 5.22. The third kappa shape index (κ3) is 3.09. The first-order chi connectivity index (χ1) is 10.1. The molecule has 1 amide bonds. The van der Waals surface area contributed by atoms with Crippen LogP contribution in [-0.4, -0.2) is 61.0 Å². The highest BCUT2D eigenvalue weighted by Crippen LogP contribution is 2.15. The second kappa shape index (κ2) is 6.12. The highest BCUT2D eigenvalue weighted by atomic mass is 19.1. The zero-order valence-electron chi connectivity index (χ0n) is 12.4. The largest absolute Gasteiger partial charge is 0.336 e. The van der Waals surface area contributed by atoms with Crippen LogP contribution in [0, 0.1) is 12.7 Å². The summed E-state index contributed by atoms with van der Waals surface area (Å²) in [4.78, 5) is 16.8. The maximum Gasteiger partial charge on any atom is 0.253 e. The smallest absolute Gasteiger partial charge is 0.253 e. The van der Waals surface area contributed by atoms with E-state index in [0.29, 0.717) is 17.2 Å². The van der Waals surface area contributed by atoms with Gasteiger partial charge in [-0.3, -0.25) is 9.69 Å². The van der Waals surface area contributed by atoms with Crippen LogP contribution in [0.3, 0.4) is 0 Å². The molecule has 0 bridgehead atoms. The lowest BCUT2D eigenvalue weighted by molar-refractivity contribution is 0.0583. The first-order valence-electron chi connectivity index (χ1n) is 7.65. The third-order valence-electron chi connectivity index (χ3n) is 4.56. The number of piperazine rings is 1. The minimum absolute atomic E-state index is 0.0160. The molecule has 5 heteroatoms. The molecule has 0 spiro atoms. The molecule has 4 nitrogen and oxygen atoms in total. The van der Waals surface area contributed by atoms with Crippen LogP contribution < -0.4 is 5.32 Å². The minimum Gasteiger partial charge on any atom is -0.336 e. The Morgan fingerprint density at radius 1 is 1.29 bits per heavy atom. The van der Waals surface area contributed by atoms with Crippen LogP contribution in [-0.2, 0) is 0 Å². The summed E-state index contributed by atoms with van der Waals surface area (Å²) in [7, 11) is 0. The molecule has 1 unspecified atom stereocenters. The van der Waals surface area contributed by atoms with Crippen molar-refractivity contribution in [3.05, 3.63) is 35.1 Å². The van der Waals surface area contributed by atoms with E-state index in [1.807, 2.05) is 4.90 Å². The summed E-state index contributed by atoms with van der Waals surface area (Å²) in [6.07, 6.45) is 1.20. The van der Waals surface area contributed by atoms with Gasteiger partial charge in [0.1, 0.15) is 5.82 Å². The molecule has 2 heterocycles. The van der Waals surface area contributed by atoms with Crippen molar-refractivity contribution in [1.29, 1.82) is 0 Å². The maximum absolute atomic E-state index is 13.3. The van der Waals surface area contributed by atoms with Gasteiger partial charge in [0, 0.05) is 44.3 Å². The molecule has 1 aromatic rings. The number of rotatable bonds is 2. The van der Waals surface area contributed by atoms with E-state index in [-0.39, 0.29) is 11.7 Å². The number of benzene rings is 1. The van der Waals surface area contributed by atoms with Gasteiger partial charge in [0.2, 0.25) is 0 Å². The molecule has 0 saturated carbocycles. The summed E-state index contributed by atoms with van der Waals surface area (Å²) in [5.74, 6) is -0.243. The SMILES string of the molecule is Cc1cc(C(=O)N2CCN(C3CCNC3)CC2)ccc1F. The topological polar surface area (TPSA) is 35.6 Å². The van der Waals surface area contributed by atoms with Gasteiger partial charge in [-0.1, -0.05) is 0 Å². The predicted octanol–water partition coefficient (Wildman–Crippen LogP) is 1.25. The van der Waals surface area contributed by atoms with Crippen molar-refractivity contribution in [3.8, 4) is 0 Å². The molecule has 1 atom stereocenters. The number of halogens is 1. The average Bonchev–Trinajstić information content (AvgIpc) is 3.04. The molecule has 0 aliphatic carbocycles. The number of hydrogen-bond acceptors (Lipinski definition) is 3. The third-order valence-corrected chi connectivity index (χ3v) is 4.56. The Morgan fingerprint density at radius 2 is 2.05 bits per heavy atom.